The van der Waals surface area contributed by atoms with Crippen LogP contribution in [0.25, 0.3) is 0 Å². The molecule has 1 saturated carbocycles. The van der Waals surface area contributed by atoms with Gasteiger partial charge in [-0.2, -0.15) is 15.4 Å². The van der Waals surface area contributed by atoms with Gasteiger partial charge in [0.25, 0.3) is 11.8 Å². The summed E-state index contributed by atoms with van der Waals surface area (Å²) in [5, 5.41) is 13.9. The van der Waals surface area contributed by atoms with E-state index < -0.39 is 0 Å². The molecule has 6 nitrogen and oxygen atoms in total. The van der Waals surface area contributed by atoms with E-state index in [0.29, 0.717) is 16.3 Å². The Hall–Kier alpha value is -2.65. The largest absolute Gasteiger partial charge is 0.477 e. The zero-order chi connectivity index (χ0) is 17.6. The van der Waals surface area contributed by atoms with Crippen LogP contribution in [0.5, 0.6) is 5.75 Å². The molecule has 3 aliphatic rings. The fraction of sp³-hybridized carbons (Fsp3) is 0.333. The molecule has 7 heteroatoms. The topological polar surface area (TPSA) is 82.8 Å². The van der Waals surface area contributed by atoms with Crippen molar-refractivity contribution < 1.29 is 14.3 Å². The van der Waals surface area contributed by atoms with Crippen molar-refractivity contribution in [3.8, 4) is 11.8 Å². The molecule has 2 amide bonds. The lowest BCUT2D eigenvalue weighted by Crippen LogP contribution is -2.28. The first-order valence-electron chi connectivity index (χ1n) is 7.99. The summed E-state index contributed by atoms with van der Waals surface area (Å²) in [6, 6.07) is 6.79. The van der Waals surface area contributed by atoms with Crippen LogP contribution in [0.3, 0.4) is 0 Å². The number of ether oxygens (including phenoxy) is 1. The molecule has 4 rings (SSSR count). The number of allylic oxidation sites excluding steroid dienone is 2. The number of fused-ring (bicyclic) bond motifs is 5. The molecule has 0 spiro atoms. The minimum atomic E-state index is -0.259. The van der Waals surface area contributed by atoms with Crippen molar-refractivity contribution in [2.75, 3.05) is 6.61 Å². The van der Waals surface area contributed by atoms with Gasteiger partial charge >= 0.3 is 0 Å². The Balaban J connectivity index is 1.51. The lowest BCUT2D eigenvalue weighted by atomic mass is 9.85. The van der Waals surface area contributed by atoms with Gasteiger partial charge in [-0.15, -0.1) is 0 Å². The Morgan fingerprint density at radius 3 is 2.56 bits per heavy atom. The van der Waals surface area contributed by atoms with Crippen LogP contribution in [0.2, 0.25) is 5.02 Å². The highest BCUT2D eigenvalue weighted by Crippen LogP contribution is 2.52. The second-order valence-electron chi connectivity index (χ2n) is 6.37. The Kier molecular flexibility index (Phi) is 3.81. The van der Waals surface area contributed by atoms with E-state index in [2.05, 4.69) is 5.10 Å². The summed E-state index contributed by atoms with van der Waals surface area (Å²) in [6.07, 6.45) is 6.42. The van der Waals surface area contributed by atoms with E-state index in [1.54, 1.807) is 18.2 Å². The standard InChI is InChI=1S/C18H14ClN3O3/c19-13-7-10(1-4-14(13)25-6-5-20)9-21-22-17(23)15-11-2-3-12(8-11)16(15)18(22)24/h1-4,7,9,11-12,15-16H,6,8H2/t11-,12-,15-,16+/m0/s1. The molecule has 1 heterocycles. The fourth-order valence-electron chi connectivity index (χ4n) is 3.95. The molecule has 126 valence electrons. The monoisotopic (exact) mass is 355 g/mol. The summed E-state index contributed by atoms with van der Waals surface area (Å²) < 4.78 is 5.17. The molecule has 0 aromatic heterocycles. The summed E-state index contributed by atoms with van der Waals surface area (Å²) in [5.74, 6) is -0.234. The first-order chi connectivity index (χ1) is 12.1. The van der Waals surface area contributed by atoms with Crippen LogP contribution < -0.4 is 4.74 Å². The highest BCUT2D eigenvalue weighted by atomic mass is 35.5. The molecule has 2 aliphatic carbocycles. The Labute approximate surface area is 149 Å². The number of hydrogen-bond acceptors (Lipinski definition) is 5. The first-order valence-corrected chi connectivity index (χ1v) is 8.37. The summed E-state index contributed by atoms with van der Waals surface area (Å²) >= 11 is 6.09. The normalized spacial score (nSPS) is 29.5. The quantitative estimate of drug-likeness (QED) is 0.471. The number of benzene rings is 1. The molecule has 0 N–H and O–H groups in total. The van der Waals surface area contributed by atoms with Gasteiger partial charge in [-0.1, -0.05) is 23.8 Å². The molecular weight excluding hydrogens is 342 g/mol. The minimum Gasteiger partial charge on any atom is -0.477 e. The first kappa shape index (κ1) is 15.9. The van der Waals surface area contributed by atoms with E-state index in [1.807, 2.05) is 18.2 Å². The highest BCUT2D eigenvalue weighted by molar-refractivity contribution is 6.32. The summed E-state index contributed by atoms with van der Waals surface area (Å²) in [6.45, 7) is -0.0942. The number of hydrogen-bond donors (Lipinski definition) is 0. The molecular formula is C18H14ClN3O3. The number of rotatable bonds is 4. The van der Waals surface area contributed by atoms with Crippen LogP contribution in [0.4, 0.5) is 0 Å². The molecule has 1 aromatic carbocycles. The number of hydrazone groups is 1. The molecule has 1 aliphatic heterocycles. The maximum atomic E-state index is 12.5. The molecule has 25 heavy (non-hydrogen) atoms. The van der Waals surface area contributed by atoms with E-state index >= 15 is 0 Å². The lowest BCUT2D eigenvalue weighted by molar-refractivity contribution is -0.140. The minimum absolute atomic E-state index is 0.0942. The summed E-state index contributed by atoms with van der Waals surface area (Å²) in [7, 11) is 0. The van der Waals surface area contributed by atoms with Crippen molar-refractivity contribution in [3.05, 3.63) is 40.9 Å². The van der Waals surface area contributed by atoms with Crippen molar-refractivity contribution in [1.29, 1.82) is 5.26 Å². The van der Waals surface area contributed by atoms with E-state index in [-0.39, 0.29) is 42.1 Å². The SMILES string of the molecule is N#CCOc1ccc(C=NN2C(=O)[C@@H]3[C@H](C2=O)[C@H]2C=C[C@H]3C2)cc1Cl. The van der Waals surface area contributed by atoms with Crippen LogP contribution in [0, 0.1) is 35.0 Å². The Morgan fingerprint density at radius 1 is 1.28 bits per heavy atom. The van der Waals surface area contributed by atoms with Crippen LogP contribution >= 0.6 is 11.6 Å². The average molecular weight is 356 g/mol. The third kappa shape index (κ3) is 2.52. The Bertz CT molecular complexity index is 828. The molecule has 2 bridgehead atoms. The molecule has 2 fully saturated rings. The van der Waals surface area contributed by atoms with Crippen LogP contribution in [-0.2, 0) is 9.59 Å². The molecule has 1 aromatic rings. The van der Waals surface area contributed by atoms with E-state index in [0.717, 1.165) is 11.4 Å². The predicted molar refractivity (Wildman–Crippen MR) is 89.7 cm³/mol. The molecule has 4 atom stereocenters. The van der Waals surface area contributed by atoms with Gasteiger partial charge in [0.15, 0.2) is 6.61 Å². The predicted octanol–water partition coefficient (Wildman–Crippen LogP) is 2.38. The zero-order valence-corrected chi connectivity index (χ0v) is 13.9. The molecule has 0 unspecified atom stereocenters. The number of imide groups is 1. The number of halogens is 1. The van der Waals surface area contributed by atoms with Crippen LogP contribution in [0.15, 0.2) is 35.5 Å². The maximum absolute atomic E-state index is 12.5. The number of nitriles is 1. The highest BCUT2D eigenvalue weighted by Gasteiger charge is 2.59. The van der Waals surface area contributed by atoms with Crippen molar-refractivity contribution in [2.45, 2.75) is 6.42 Å². The number of carbonyl (C=O) groups is 2. The van der Waals surface area contributed by atoms with E-state index in [1.165, 1.54) is 6.21 Å². The van der Waals surface area contributed by atoms with Crippen molar-refractivity contribution in [1.82, 2.24) is 5.01 Å². The van der Waals surface area contributed by atoms with Crippen molar-refractivity contribution in [2.24, 2.45) is 28.8 Å². The van der Waals surface area contributed by atoms with Gasteiger partial charge in [-0.25, -0.2) is 0 Å². The van der Waals surface area contributed by atoms with Gasteiger partial charge < -0.3 is 4.74 Å². The van der Waals surface area contributed by atoms with E-state index in [9.17, 15) is 9.59 Å². The van der Waals surface area contributed by atoms with Crippen LogP contribution in [0.1, 0.15) is 12.0 Å². The zero-order valence-electron chi connectivity index (χ0n) is 13.1. The van der Waals surface area contributed by atoms with Gasteiger partial charge in [0, 0.05) is 0 Å². The Morgan fingerprint density at radius 2 is 1.96 bits per heavy atom. The van der Waals surface area contributed by atoms with Gasteiger partial charge in [0.2, 0.25) is 0 Å². The average Bonchev–Trinajstić information content (AvgIpc) is 3.27. The van der Waals surface area contributed by atoms with Gasteiger partial charge in [-0.3, -0.25) is 9.59 Å². The maximum Gasteiger partial charge on any atom is 0.254 e. The van der Waals surface area contributed by atoms with Gasteiger partial charge in [0.05, 0.1) is 23.1 Å². The van der Waals surface area contributed by atoms with Gasteiger partial charge in [0.1, 0.15) is 11.8 Å². The summed E-state index contributed by atoms with van der Waals surface area (Å²) in [4.78, 5) is 25.1. The third-order valence-corrected chi connectivity index (χ3v) is 5.31. The van der Waals surface area contributed by atoms with E-state index in [4.69, 9.17) is 21.6 Å². The van der Waals surface area contributed by atoms with Crippen molar-refractivity contribution in [3.63, 3.8) is 0 Å². The fourth-order valence-corrected chi connectivity index (χ4v) is 4.19. The number of carbonyl (C=O) groups excluding carboxylic acids is 2. The second kappa shape index (κ2) is 6.01. The summed E-state index contributed by atoms with van der Waals surface area (Å²) in [5.41, 5.74) is 0.632. The second-order valence-corrected chi connectivity index (χ2v) is 6.78. The lowest BCUT2D eigenvalue weighted by Gasteiger charge is -2.13. The van der Waals surface area contributed by atoms with Crippen LogP contribution in [-0.4, -0.2) is 29.6 Å². The molecule has 1 saturated heterocycles. The smallest absolute Gasteiger partial charge is 0.254 e. The van der Waals surface area contributed by atoms with Crippen molar-refractivity contribution >= 4 is 29.6 Å². The number of nitrogens with zero attached hydrogens (tertiary/aromatic N) is 3. The number of amides is 2. The third-order valence-electron chi connectivity index (χ3n) is 5.02. The van der Waals surface area contributed by atoms with Gasteiger partial charge in [-0.05, 0) is 42.0 Å². The molecule has 0 radical (unpaired) electrons.